The van der Waals surface area contributed by atoms with Crippen LogP contribution in [0, 0.1) is 0 Å². The molecule has 0 aromatic rings. The number of carbonyl (C=O) groups is 1. The lowest BCUT2D eigenvalue weighted by Gasteiger charge is -2.12. The van der Waals surface area contributed by atoms with Crippen molar-refractivity contribution in [2.45, 2.75) is 44.6 Å². The number of esters is 1. The molecule has 106 valence electrons. The average Bonchev–Trinajstić information content (AvgIpc) is 2.36. The van der Waals surface area contributed by atoms with Gasteiger partial charge in [-0.05, 0) is 13.3 Å². The monoisotopic (exact) mass is 274 g/mol. The summed E-state index contributed by atoms with van der Waals surface area (Å²) >= 11 is 0. The van der Waals surface area contributed by atoms with Crippen LogP contribution < -0.4 is 0 Å². The van der Waals surface area contributed by atoms with Crippen molar-refractivity contribution in [3.8, 4) is 0 Å². The van der Waals surface area contributed by atoms with Crippen molar-refractivity contribution in [2.75, 3.05) is 20.8 Å². The summed E-state index contributed by atoms with van der Waals surface area (Å²) in [6, 6.07) is 1.23. The molecule has 0 unspecified atom stereocenters. The Hall–Kier alpha value is -0.653. The molecule has 0 atom stereocenters. The molecule has 0 saturated heterocycles. The molecule has 0 aromatic carbocycles. The Morgan fingerprint density at radius 3 is 2.33 bits per heavy atom. The Morgan fingerprint density at radius 2 is 1.78 bits per heavy atom. The number of hydrogen-bond donors (Lipinski definition) is 0. The van der Waals surface area contributed by atoms with Gasteiger partial charge in [-0.1, -0.05) is 31.9 Å². The Kier molecular flexibility index (Phi) is 11.0. The number of hydrogen-bond acceptors (Lipinski definition) is 4. The third-order valence-corrected chi connectivity index (χ3v) is 4.74. The molecule has 0 aromatic heterocycles. The Labute approximate surface area is 113 Å². The first-order chi connectivity index (χ1) is 8.61. The van der Waals surface area contributed by atoms with Crippen LogP contribution in [0.3, 0.4) is 0 Å². The fourth-order valence-electron chi connectivity index (χ4n) is 1.56. The van der Waals surface area contributed by atoms with Crippen molar-refractivity contribution < 1.29 is 19.0 Å². The van der Waals surface area contributed by atoms with E-state index in [1.165, 1.54) is 18.9 Å². The van der Waals surface area contributed by atoms with Crippen molar-refractivity contribution in [1.29, 1.82) is 0 Å². The molecule has 4 nitrogen and oxygen atoms in total. The molecule has 0 bridgehead atoms. The van der Waals surface area contributed by atoms with E-state index in [2.05, 4.69) is 6.58 Å². The van der Waals surface area contributed by atoms with E-state index in [0.717, 1.165) is 12.8 Å². The van der Waals surface area contributed by atoms with E-state index in [-0.39, 0.29) is 21.4 Å². The zero-order valence-corrected chi connectivity index (χ0v) is 13.3. The van der Waals surface area contributed by atoms with Gasteiger partial charge >= 0.3 is 5.97 Å². The van der Waals surface area contributed by atoms with Gasteiger partial charge in [-0.2, -0.15) is 0 Å². The number of ether oxygens (including phenoxy) is 3. The molecule has 0 heterocycles. The molecule has 0 rings (SSSR count). The van der Waals surface area contributed by atoms with Gasteiger partial charge in [0.2, 0.25) is 0 Å². The van der Waals surface area contributed by atoms with Crippen molar-refractivity contribution in [1.82, 2.24) is 0 Å². The first kappa shape index (κ1) is 17.3. The topological polar surface area (TPSA) is 44.8 Å². The van der Waals surface area contributed by atoms with Gasteiger partial charge < -0.3 is 14.2 Å². The summed E-state index contributed by atoms with van der Waals surface area (Å²) in [5.74, 6) is -0.230. The lowest BCUT2D eigenvalue weighted by atomic mass is 10.2. The van der Waals surface area contributed by atoms with Crippen molar-refractivity contribution in [2.24, 2.45) is 0 Å². The highest BCUT2D eigenvalue weighted by Crippen LogP contribution is 2.05. The minimum Gasteiger partial charge on any atom is -0.462 e. The molecule has 0 aliphatic heterocycles. The molecule has 0 spiro atoms. The van der Waals surface area contributed by atoms with Gasteiger partial charge in [0.1, 0.15) is 5.91 Å². The molecule has 5 heteroatoms. The first-order valence-electron chi connectivity index (χ1n) is 6.50. The minimum atomic E-state index is -0.287. The van der Waals surface area contributed by atoms with Gasteiger partial charge in [-0.15, -0.1) is 0 Å². The Balaban J connectivity index is 3.26. The molecule has 0 amide bonds. The van der Waals surface area contributed by atoms with Gasteiger partial charge in [0, 0.05) is 19.8 Å². The maximum atomic E-state index is 11.1. The van der Waals surface area contributed by atoms with Gasteiger partial charge in [0.15, 0.2) is 0 Å². The quantitative estimate of drug-likeness (QED) is 0.190. The maximum Gasteiger partial charge on any atom is 0.333 e. The number of methoxy groups -OCH3 is 2. The summed E-state index contributed by atoms with van der Waals surface area (Å²) in [6.07, 6.45) is 4.42. The summed E-state index contributed by atoms with van der Waals surface area (Å²) in [6.45, 7) is 5.70. The number of rotatable bonds is 11. The summed E-state index contributed by atoms with van der Waals surface area (Å²) in [5, 5.41) is 0. The van der Waals surface area contributed by atoms with E-state index in [4.69, 9.17) is 14.2 Å². The Morgan fingerprint density at radius 1 is 1.17 bits per heavy atom. The lowest BCUT2D eigenvalue weighted by Crippen LogP contribution is -2.20. The van der Waals surface area contributed by atoms with Gasteiger partial charge in [0.05, 0.1) is 16.1 Å². The molecule has 0 saturated carbocycles. The highest BCUT2D eigenvalue weighted by molar-refractivity contribution is 6.36. The largest absolute Gasteiger partial charge is 0.462 e. The van der Waals surface area contributed by atoms with Gasteiger partial charge in [-0.3, -0.25) is 0 Å². The van der Waals surface area contributed by atoms with Crippen LogP contribution in [0.25, 0.3) is 0 Å². The van der Waals surface area contributed by atoms with E-state index in [9.17, 15) is 4.79 Å². The number of carbonyl (C=O) groups excluding carboxylic acids is 1. The maximum absolute atomic E-state index is 11.1. The third kappa shape index (κ3) is 9.38. The second kappa shape index (κ2) is 11.4. The van der Waals surface area contributed by atoms with Gasteiger partial charge in [-0.25, -0.2) is 4.79 Å². The fraction of sp³-hybridized carbons (Fsp3) is 0.769. The smallest absolute Gasteiger partial charge is 0.333 e. The molecular weight excluding hydrogens is 248 g/mol. The standard InChI is InChI=1S/C13H26O4Si/c1-11(2)12(14)17-9-7-5-6-8-10-18-13(15-3)16-4/h13H,1,5-10,18H2,2-4H3. The van der Waals surface area contributed by atoms with Gasteiger partial charge in [0.25, 0.3) is 0 Å². The predicted molar refractivity (Wildman–Crippen MR) is 75.4 cm³/mol. The molecule has 18 heavy (non-hydrogen) atoms. The highest BCUT2D eigenvalue weighted by atomic mass is 28.2. The fourth-order valence-corrected chi connectivity index (χ4v) is 3.01. The van der Waals surface area contributed by atoms with E-state index < -0.39 is 0 Å². The third-order valence-electron chi connectivity index (χ3n) is 2.69. The SMILES string of the molecule is C=C(C)C(=O)OCCCCCC[SiH2]C(OC)OC. The first-order valence-corrected chi connectivity index (χ1v) is 8.31. The molecule has 0 fully saturated rings. The zero-order valence-electron chi connectivity index (χ0n) is 11.9. The molecule has 0 aliphatic carbocycles. The van der Waals surface area contributed by atoms with E-state index in [1.807, 2.05) is 0 Å². The number of unbranched alkanes of at least 4 members (excludes halogenated alkanes) is 3. The molecular formula is C13H26O4Si. The second-order valence-corrected chi connectivity index (χ2v) is 6.32. The molecule has 0 N–H and O–H groups in total. The van der Waals surface area contributed by atoms with E-state index in [0.29, 0.717) is 12.2 Å². The second-order valence-electron chi connectivity index (χ2n) is 4.37. The summed E-state index contributed by atoms with van der Waals surface area (Å²) in [5.41, 5.74) is 0.464. The normalized spacial score (nSPS) is 11.3. The van der Waals surface area contributed by atoms with Crippen molar-refractivity contribution in [3.05, 3.63) is 12.2 Å². The van der Waals surface area contributed by atoms with Crippen LogP contribution in [-0.4, -0.2) is 42.2 Å². The van der Waals surface area contributed by atoms with Crippen molar-refractivity contribution >= 4 is 15.5 Å². The highest BCUT2D eigenvalue weighted by Gasteiger charge is 2.05. The van der Waals surface area contributed by atoms with Crippen molar-refractivity contribution in [3.63, 3.8) is 0 Å². The predicted octanol–water partition coefficient (Wildman–Crippen LogP) is 1.83. The van der Waals surface area contributed by atoms with Crippen LogP contribution in [0.1, 0.15) is 32.6 Å². The van der Waals surface area contributed by atoms with Crippen LogP contribution in [0.5, 0.6) is 0 Å². The lowest BCUT2D eigenvalue weighted by molar-refractivity contribution is -0.139. The molecule has 0 radical (unpaired) electrons. The summed E-state index contributed by atoms with van der Waals surface area (Å²) in [4.78, 5) is 11.1. The van der Waals surface area contributed by atoms with E-state index >= 15 is 0 Å². The van der Waals surface area contributed by atoms with Crippen LogP contribution in [-0.2, 0) is 19.0 Å². The van der Waals surface area contributed by atoms with Crippen LogP contribution in [0.4, 0.5) is 0 Å². The van der Waals surface area contributed by atoms with Crippen LogP contribution >= 0.6 is 0 Å². The Bertz CT molecular complexity index is 239. The zero-order chi connectivity index (χ0) is 13.8. The van der Waals surface area contributed by atoms with Crippen LogP contribution in [0.15, 0.2) is 12.2 Å². The van der Waals surface area contributed by atoms with Crippen LogP contribution in [0.2, 0.25) is 6.04 Å². The van der Waals surface area contributed by atoms with E-state index in [1.54, 1.807) is 21.1 Å². The average molecular weight is 274 g/mol. The summed E-state index contributed by atoms with van der Waals surface area (Å²) in [7, 11) is 3.10. The summed E-state index contributed by atoms with van der Waals surface area (Å²) < 4.78 is 15.3. The molecule has 0 aliphatic rings. The minimum absolute atomic E-state index is 0.0570.